The maximum Gasteiger partial charge on any atom is 0.279 e. The molecular weight excluding hydrogens is 244 g/mol. The van der Waals surface area contributed by atoms with Gasteiger partial charge in [-0.1, -0.05) is 6.42 Å². The van der Waals surface area contributed by atoms with Gasteiger partial charge in [0.05, 0.1) is 6.61 Å². The summed E-state index contributed by atoms with van der Waals surface area (Å²) in [6, 6.07) is 0.0987. The lowest BCUT2D eigenvalue weighted by atomic mass is 9.93. The molecule has 0 heterocycles. The van der Waals surface area contributed by atoms with Gasteiger partial charge in [-0.15, -0.1) is 0 Å². The van der Waals surface area contributed by atoms with E-state index in [9.17, 15) is 8.42 Å². The Bertz CT molecular complexity index is 303. The number of aliphatic hydroxyl groups excluding tert-OH is 1. The molecule has 0 aliphatic heterocycles. The molecule has 1 fully saturated rings. The number of rotatable bonds is 9. The first-order chi connectivity index (χ1) is 8.11. The minimum atomic E-state index is -3.43. The van der Waals surface area contributed by atoms with Crippen molar-refractivity contribution in [1.29, 1.82) is 0 Å². The molecule has 0 aromatic heterocycles. The van der Waals surface area contributed by atoms with Crippen LogP contribution in [0.15, 0.2) is 0 Å². The van der Waals surface area contributed by atoms with Crippen LogP contribution in [0.5, 0.6) is 0 Å². The molecule has 0 saturated heterocycles. The minimum absolute atomic E-state index is 0.0107. The van der Waals surface area contributed by atoms with Crippen molar-refractivity contribution in [2.45, 2.75) is 31.7 Å². The lowest BCUT2D eigenvalue weighted by Crippen LogP contribution is -2.50. The van der Waals surface area contributed by atoms with Crippen LogP contribution >= 0.6 is 0 Å². The molecule has 1 aliphatic carbocycles. The molecule has 1 saturated carbocycles. The Morgan fingerprint density at radius 1 is 1.47 bits per heavy atom. The highest BCUT2D eigenvalue weighted by Crippen LogP contribution is 2.26. The van der Waals surface area contributed by atoms with Gasteiger partial charge in [0.2, 0.25) is 0 Å². The number of nitrogens with one attached hydrogen (secondary N) is 1. The highest BCUT2D eigenvalue weighted by atomic mass is 32.2. The summed E-state index contributed by atoms with van der Waals surface area (Å²) in [6.07, 6.45) is 3.38. The molecule has 0 radical (unpaired) electrons. The molecule has 1 rings (SSSR count). The molecule has 7 heteroatoms. The van der Waals surface area contributed by atoms with Crippen molar-refractivity contribution < 1.29 is 18.3 Å². The van der Waals surface area contributed by atoms with E-state index in [1.165, 1.54) is 11.4 Å². The predicted molar refractivity (Wildman–Crippen MR) is 64.8 cm³/mol. The summed E-state index contributed by atoms with van der Waals surface area (Å²) in [5.41, 5.74) is 0. The highest BCUT2D eigenvalue weighted by Gasteiger charge is 2.32. The van der Waals surface area contributed by atoms with E-state index in [4.69, 9.17) is 9.84 Å². The van der Waals surface area contributed by atoms with E-state index < -0.39 is 10.2 Å². The maximum atomic E-state index is 12.0. The maximum absolute atomic E-state index is 12.0. The molecule has 2 N–H and O–H groups in total. The number of aliphatic hydroxyl groups is 1. The second-order valence-electron chi connectivity index (χ2n) is 4.16. The van der Waals surface area contributed by atoms with Crippen molar-refractivity contribution in [2.75, 3.05) is 33.4 Å². The summed E-state index contributed by atoms with van der Waals surface area (Å²) in [6.45, 7) is 1.03. The van der Waals surface area contributed by atoms with E-state index in [2.05, 4.69) is 4.72 Å². The van der Waals surface area contributed by atoms with Gasteiger partial charge >= 0.3 is 0 Å². The molecule has 1 aliphatic rings. The van der Waals surface area contributed by atoms with Crippen LogP contribution in [0.2, 0.25) is 0 Å². The molecule has 0 amide bonds. The van der Waals surface area contributed by atoms with Crippen LogP contribution in [0, 0.1) is 0 Å². The van der Waals surface area contributed by atoms with E-state index in [1.807, 2.05) is 0 Å². The third-order valence-corrected chi connectivity index (χ3v) is 4.59. The number of nitrogens with zero attached hydrogens (tertiary/aromatic N) is 1. The fourth-order valence-corrected chi connectivity index (χ4v) is 3.24. The fourth-order valence-electron chi connectivity index (χ4n) is 1.76. The Morgan fingerprint density at radius 3 is 2.65 bits per heavy atom. The largest absolute Gasteiger partial charge is 0.396 e. The molecule has 0 atom stereocenters. The summed E-state index contributed by atoms with van der Waals surface area (Å²) in [7, 11) is -1.90. The quantitative estimate of drug-likeness (QED) is 0.562. The standard InChI is InChI=1S/C10H22N2O4S/c1-16-9-6-11-17(14,15)12(7-3-8-13)10-4-2-5-10/h10-11,13H,2-9H2,1H3. The first-order valence-electron chi connectivity index (χ1n) is 5.98. The molecule has 6 nitrogen and oxygen atoms in total. The molecule has 17 heavy (non-hydrogen) atoms. The van der Waals surface area contributed by atoms with Gasteiger partial charge in [-0.2, -0.15) is 17.4 Å². The first-order valence-corrected chi connectivity index (χ1v) is 7.42. The Balaban J connectivity index is 2.53. The van der Waals surface area contributed by atoms with Crippen LogP contribution in [0.4, 0.5) is 0 Å². The van der Waals surface area contributed by atoms with Gasteiger partial charge in [0, 0.05) is 32.8 Å². The molecule has 0 aromatic rings. The molecule has 0 unspecified atom stereocenters. The van der Waals surface area contributed by atoms with Crippen molar-refractivity contribution in [3.8, 4) is 0 Å². The van der Waals surface area contributed by atoms with Gasteiger partial charge in [-0.3, -0.25) is 0 Å². The van der Waals surface area contributed by atoms with Crippen LogP contribution in [0.25, 0.3) is 0 Å². The van der Waals surface area contributed by atoms with Crippen molar-refractivity contribution in [3.05, 3.63) is 0 Å². The zero-order valence-electron chi connectivity index (χ0n) is 10.3. The predicted octanol–water partition coefficient (Wildman–Crippen LogP) is -0.296. The molecular formula is C10H22N2O4S. The monoisotopic (exact) mass is 266 g/mol. The Hall–Kier alpha value is -0.210. The van der Waals surface area contributed by atoms with Gasteiger partial charge in [0.25, 0.3) is 10.2 Å². The SMILES string of the molecule is COCCNS(=O)(=O)N(CCCO)C1CCC1. The van der Waals surface area contributed by atoms with Crippen molar-refractivity contribution in [1.82, 2.24) is 9.03 Å². The summed E-state index contributed by atoms with van der Waals surface area (Å²) >= 11 is 0. The molecule has 102 valence electrons. The van der Waals surface area contributed by atoms with E-state index in [-0.39, 0.29) is 19.2 Å². The Labute approximate surface area is 103 Å². The van der Waals surface area contributed by atoms with Gasteiger partial charge in [0.15, 0.2) is 0 Å². The van der Waals surface area contributed by atoms with Crippen LogP contribution in [-0.2, 0) is 14.9 Å². The van der Waals surface area contributed by atoms with E-state index >= 15 is 0 Å². The summed E-state index contributed by atoms with van der Waals surface area (Å²) in [5, 5.41) is 8.81. The molecule has 0 spiro atoms. The van der Waals surface area contributed by atoms with E-state index in [0.29, 0.717) is 19.6 Å². The number of ether oxygens (including phenoxy) is 1. The van der Waals surface area contributed by atoms with Crippen molar-refractivity contribution >= 4 is 10.2 Å². The van der Waals surface area contributed by atoms with Gasteiger partial charge in [-0.05, 0) is 19.3 Å². The summed E-state index contributed by atoms with van der Waals surface area (Å²) in [5.74, 6) is 0. The van der Waals surface area contributed by atoms with Crippen LogP contribution in [0.3, 0.4) is 0 Å². The zero-order valence-corrected chi connectivity index (χ0v) is 11.1. The third-order valence-electron chi connectivity index (χ3n) is 2.92. The van der Waals surface area contributed by atoms with Crippen LogP contribution < -0.4 is 4.72 Å². The number of hydrogen-bond acceptors (Lipinski definition) is 4. The van der Waals surface area contributed by atoms with Gasteiger partial charge in [0.1, 0.15) is 0 Å². The van der Waals surface area contributed by atoms with Crippen molar-refractivity contribution in [3.63, 3.8) is 0 Å². The highest BCUT2D eigenvalue weighted by molar-refractivity contribution is 7.87. The van der Waals surface area contributed by atoms with Crippen LogP contribution in [-0.4, -0.2) is 57.3 Å². The second kappa shape index (κ2) is 7.27. The van der Waals surface area contributed by atoms with Crippen LogP contribution in [0.1, 0.15) is 25.7 Å². The number of hydrogen-bond donors (Lipinski definition) is 2. The van der Waals surface area contributed by atoms with Gasteiger partial charge in [-0.25, -0.2) is 0 Å². The Kier molecular flexibility index (Phi) is 6.35. The third kappa shape index (κ3) is 4.51. The minimum Gasteiger partial charge on any atom is -0.396 e. The molecule has 0 bridgehead atoms. The number of methoxy groups -OCH3 is 1. The Morgan fingerprint density at radius 2 is 2.18 bits per heavy atom. The smallest absolute Gasteiger partial charge is 0.279 e. The topological polar surface area (TPSA) is 78.9 Å². The van der Waals surface area contributed by atoms with E-state index in [0.717, 1.165) is 19.3 Å². The van der Waals surface area contributed by atoms with Crippen molar-refractivity contribution in [2.24, 2.45) is 0 Å². The summed E-state index contributed by atoms with van der Waals surface area (Å²) < 4.78 is 32.8. The molecule has 0 aromatic carbocycles. The average Bonchev–Trinajstić information content (AvgIpc) is 2.21. The van der Waals surface area contributed by atoms with E-state index in [1.54, 1.807) is 0 Å². The fraction of sp³-hybridized carbons (Fsp3) is 1.00. The zero-order chi connectivity index (χ0) is 12.7. The first kappa shape index (κ1) is 14.8. The summed E-state index contributed by atoms with van der Waals surface area (Å²) in [4.78, 5) is 0. The lowest BCUT2D eigenvalue weighted by molar-refractivity contribution is 0.190. The average molecular weight is 266 g/mol. The normalized spacial score (nSPS) is 17.4. The van der Waals surface area contributed by atoms with Gasteiger partial charge < -0.3 is 9.84 Å². The lowest BCUT2D eigenvalue weighted by Gasteiger charge is -2.36. The second-order valence-corrected chi connectivity index (χ2v) is 5.87.